The van der Waals surface area contributed by atoms with E-state index in [2.05, 4.69) is 33.8 Å². The lowest BCUT2D eigenvalue weighted by Crippen LogP contribution is -2.18. The molecule has 1 fully saturated rings. The molecule has 2 aromatic rings. The molecule has 0 unspecified atom stereocenters. The van der Waals surface area contributed by atoms with Gasteiger partial charge >= 0.3 is 0 Å². The third kappa shape index (κ3) is 2.44. The largest absolute Gasteiger partial charge is 0.353 e. The number of hydrogen-bond acceptors (Lipinski definition) is 3. The van der Waals surface area contributed by atoms with Gasteiger partial charge in [0.1, 0.15) is 0 Å². The lowest BCUT2D eigenvalue weighted by Gasteiger charge is -2.15. The Morgan fingerprint density at radius 1 is 1.30 bits per heavy atom. The molecule has 1 N–H and O–H groups in total. The zero-order valence-electron chi connectivity index (χ0n) is 12.6. The molecule has 5 heteroatoms. The van der Waals surface area contributed by atoms with Crippen LogP contribution in [0.3, 0.4) is 0 Å². The quantitative estimate of drug-likeness (QED) is 0.931. The Hall–Kier alpha value is -1.78. The van der Waals surface area contributed by atoms with Gasteiger partial charge in [-0.2, -0.15) is 5.10 Å². The Balaban J connectivity index is 1.79. The van der Waals surface area contributed by atoms with Crippen molar-refractivity contribution in [1.82, 2.24) is 19.3 Å². The number of rotatable bonds is 4. The lowest BCUT2D eigenvalue weighted by atomic mass is 10.2. The number of aryl methyl sites for hydroxylation is 2. The van der Waals surface area contributed by atoms with E-state index in [-0.39, 0.29) is 0 Å². The molecular formula is C15H23N5. The second kappa shape index (κ2) is 5.31. The van der Waals surface area contributed by atoms with Crippen LogP contribution in [0.25, 0.3) is 0 Å². The van der Waals surface area contributed by atoms with Gasteiger partial charge in [-0.15, -0.1) is 0 Å². The summed E-state index contributed by atoms with van der Waals surface area (Å²) in [6.45, 7) is 5.03. The summed E-state index contributed by atoms with van der Waals surface area (Å²) in [5, 5.41) is 8.07. The van der Waals surface area contributed by atoms with Gasteiger partial charge in [-0.1, -0.05) is 12.8 Å². The molecule has 2 aromatic heterocycles. The average Bonchev–Trinajstić information content (AvgIpc) is 3.11. The molecule has 1 aliphatic rings. The number of imidazole rings is 1. The lowest BCUT2D eigenvalue weighted by molar-refractivity contribution is 0.710. The fourth-order valence-electron chi connectivity index (χ4n) is 3.05. The minimum Gasteiger partial charge on any atom is -0.353 e. The molecule has 108 valence electrons. The van der Waals surface area contributed by atoms with E-state index in [0.29, 0.717) is 6.04 Å². The molecule has 0 atom stereocenters. The average molecular weight is 273 g/mol. The van der Waals surface area contributed by atoms with Crippen molar-refractivity contribution in [1.29, 1.82) is 0 Å². The van der Waals surface area contributed by atoms with E-state index in [9.17, 15) is 0 Å². The van der Waals surface area contributed by atoms with Crippen molar-refractivity contribution >= 4 is 5.95 Å². The monoisotopic (exact) mass is 273 g/mol. The van der Waals surface area contributed by atoms with Crippen LogP contribution >= 0.6 is 0 Å². The first-order valence-electron chi connectivity index (χ1n) is 7.42. The SMILES string of the molecule is Cc1nn(C)c(C)c1Cn1ccnc1NC1CCCC1. The van der Waals surface area contributed by atoms with Crippen molar-refractivity contribution in [2.24, 2.45) is 7.05 Å². The minimum atomic E-state index is 0.590. The zero-order valence-corrected chi connectivity index (χ0v) is 12.6. The summed E-state index contributed by atoms with van der Waals surface area (Å²) < 4.78 is 4.14. The summed E-state index contributed by atoms with van der Waals surface area (Å²) in [5.74, 6) is 0.986. The van der Waals surface area contributed by atoms with Crippen LogP contribution < -0.4 is 5.32 Å². The fraction of sp³-hybridized carbons (Fsp3) is 0.600. The maximum Gasteiger partial charge on any atom is 0.203 e. The predicted molar refractivity (Wildman–Crippen MR) is 79.9 cm³/mol. The first-order chi connectivity index (χ1) is 9.65. The Morgan fingerprint density at radius 2 is 2.05 bits per heavy atom. The van der Waals surface area contributed by atoms with E-state index in [0.717, 1.165) is 18.2 Å². The van der Waals surface area contributed by atoms with Crippen LogP contribution in [0.5, 0.6) is 0 Å². The third-order valence-corrected chi connectivity index (χ3v) is 4.39. The van der Waals surface area contributed by atoms with Crippen LogP contribution in [-0.4, -0.2) is 25.4 Å². The van der Waals surface area contributed by atoms with Crippen LogP contribution in [0.2, 0.25) is 0 Å². The molecule has 2 heterocycles. The van der Waals surface area contributed by atoms with Gasteiger partial charge in [0.05, 0.1) is 12.2 Å². The number of aromatic nitrogens is 4. The van der Waals surface area contributed by atoms with Crippen LogP contribution in [0.1, 0.15) is 42.6 Å². The maximum atomic E-state index is 4.49. The number of nitrogens with one attached hydrogen (secondary N) is 1. The highest BCUT2D eigenvalue weighted by atomic mass is 15.3. The Bertz CT molecular complexity index is 589. The highest BCUT2D eigenvalue weighted by Crippen LogP contribution is 2.22. The summed E-state index contributed by atoms with van der Waals surface area (Å²) >= 11 is 0. The van der Waals surface area contributed by atoms with E-state index < -0.39 is 0 Å². The Morgan fingerprint density at radius 3 is 2.70 bits per heavy atom. The van der Waals surface area contributed by atoms with Gasteiger partial charge in [0.25, 0.3) is 0 Å². The van der Waals surface area contributed by atoms with Crippen LogP contribution in [-0.2, 0) is 13.6 Å². The first kappa shape index (κ1) is 13.2. The second-order valence-corrected chi connectivity index (χ2v) is 5.78. The molecule has 5 nitrogen and oxygen atoms in total. The summed E-state index contributed by atoms with van der Waals surface area (Å²) in [6, 6.07) is 0.590. The van der Waals surface area contributed by atoms with Crippen LogP contribution in [0.15, 0.2) is 12.4 Å². The molecule has 0 aliphatic heterocycles. The molecular weight excluding hydrogens is 250 g/mol. The first-order valence-corrected chi connectivity index (χ1v) is 7.42. The van der Waals surface area contributed by atoms with Gasteiger partial charge in [0.15, 0.2) is 0 Å². The van der Waals surface area contributed by atoms with E-state index >= 15 is 0 Å². The fourth-order valence-corrected chi connectivity index (χ4v) is 3.05. The van der Waals surface area contributed by atoms with Crippen LogP contribution in [0.4, 0.5) is 5.95 Å². The topological polar surface area (TPSA) is 47.7 Å². The highest BCUT2D eigenvalue weighted by molar-refractivity contribution is 5.32. The van der Waals surface area contributed by atoms with Gasteiger partial charge in [-0.25, -0.2) is 4.98 Å². The van der Waals surface area contributed by atoms with Crippen molar-refractivity contribution < 1.29 is 0 Å². The van der Waals surface area contributed by atoms with Crippen molar-refractivity contribution in [3.8, 4) is 0 Å². The molecule has 3 rings (SSSR count). The van der Waals surface area contributed by atoms with Gasteiger partial charge in [0.2, 0.25) is 5.95 Å². The van der Waals surface area contributed by atoms with Crippen molar-refractivity contribution in [3.05, 3.63) is 29.3 Å². The summed E-state index contributed by atoms with van der Waals surface area (Å²) in [7, 11) is 2.00. The molecule has 0 aromatic carbocycles. The van der Waals surface area contributed by atoms with Crippen LogP contribution in [0, 0.1) is 13.8 Å². The minimum absolute atomic E-state index is 0.590. The van der Waals surface area contributed by atoms with Crippen molar-refractivity contribution in [3.63, 3.8) is 0 Å². The van der Waals surface area contributed by atoms with Crippen molar-refractivity contribution in [2.45, 2.75) is 52.1 Å². The van der Waals surface area contributed by atoms with Gasteiger partial charge in [-0.3, -0.25) is 4.68 Å². The van der Waals surface area contributed by atoms with Gasteiger partial charge in [-0.05, 0) is 26.7 Å². The molecule has 0 bridgehead atoms. The standard InChI is InChI=1S/C15H23N5/c1-11-14(12(2)19(3)18-11)10-20-9-8-16-15(20)17-13-6-4-5-7-13/h8-9,13H,4-7,10H2,1-3H3,(H,16,17). The van der Waals surface area contributed by atoms with Gasteiger partial charge < -0.3 is 9.88 Å². The Labute approximate surface area is 120 Å². The number of anilines is 1. The molecule has 1 aliphatic carbocycles. The van der Waals surface area contributed by atoms with E-state index in [4.69, 9.17) is 0 Å². The predicted octanol–water partition coefficient (Wildman–Crippen LogP) is 2.64. The maximum absolute atomic E-state index is 4.49. The van der Waals surface area contributed by atoms with E-state index in [1.165, 1.54) is 36.9 Å². The smallest absolute Gasteiger partial charge is 0.203 e. The normalized spacial score (nSPS) is 15.9. The molecule has 20 heavy (non-hydrogen) atoms. The second-order valence-electron chi connectivity index (χ2n) is 5.78. The Kier molecular flexibility index (Phi) is 3.51. The molecule has 0 radical (unpaired) electrons. The van der Waals surface area contributed by atoms with Gasteiger partial charge in [0, 0.05) is 36.7 Å². The van der Waals surface area contributed by atoms with Crippen molar-refractivity contribution in [2.75, 3.05) is 5.32 Å². The zero-order chi connectivity index (χ0) is 14.1. The number of hydrogen-bond donors (Lipinski definition) is 1. The molecule has 0 saturated heterocycles. The van der Waals surface area contributed by atoms with E-state index in [1.54, 1.807) is 0 Å². The third-order valence-electron chi connectivity index (χ3n) is 4.39. The molecule has 0 amide bonds. The summed E-state index contributed by atoms with van der Waals surface area (Å²) in [5.41, 5.74) is 3.62. The summed E-state index contributed by atoms with van der Waals surface area (Å²) in [6.07, 6.45) is 9.11. The summed E-state index contributed by atoms with van der Waals surface area (Å²) in [4.78, 5) is 4.47. The highest BCUT2D eigenvalue weighted by Gasteiger charge is 2.17. The number of nitrogens with zero attached hydrogens (tertiary/aromatic N) is 4. The van der Waals surface area contributed by atoms with E-state index in [1.807, 2.05) is 24.1 Å². The molecule has 1 saturated carbocycles. The molecule has 0 spiro atoms.